The summed E-state index contributed by atoms with van der Waals surface area (Å²) in [5.74, 6) is 0. The fourth-order valence-corrected chi connectivity index (χ4v) is 2.75. The van der Waals surface area contributed by atoms with Crippen molar-refractivity contribution in [2.24, 2.45) is 7.05 Å². The Balaban J connectivity index is 3.02. The predicted molar refractivity (Wildman–Crippen MR) is 59.4 cm³/mol. The molecular weight excluding hydrogens is 218 g/mol. The highest BCUT2D eigenvalue weighted by Crippen LogP contribution is 2.16. The lowest BCUT2D eigenvalue weighted by molar-refractivity contribution is 0.770. The summed E-state index contributed by atoms with van der Waals surface area (Å²) < 4.78 is 4.69. The number of aromatic nitrogens is 3. The van der Waals surface area contributed by atoms with Gasteiger partial charge < -0.3 is 9.13 Å². The Labute approximate surface area is 89.4 Å². The molecule has 0 fully saturated rings. The maximum Gasteiger partial charge on any atom is 0.272 e. The summed E-state index contributed by atoms with van der Waals surface area (Å²) in [6.45, 7) is 2.74. The second-order valence-electron chi connectivity index (χ2n) is 2.93. The number of aryl methyl sites for hydroxylation is 2. The largest absolute Gasteiger partial charge is 0.308 e. The Morgan fingerprint density at radius 3 is 3.00 bits per heavy atom. The van der Waals surface area contributed by atoms with Crippen LogP contribution in [-0.2, 0) is 13.6 Å². The molecule has 6 heteroatoms. The molecule has 2 heterocycles. The van der Waals surface area contributed by atoms with Gasteiger partial charge in [-0.15, -0.1) is 0 Å². The van der Waals surface area contributed by atoms with Crippen LogP contribution in [-0.4, -0.2) is 14.1 Å². The molecule has 2 aromatic heterocycles. The third kappa shape index (κ3) is 1.22. The van der Waals surface area contributed by atoms with Crippen LogP contribution in [0.1, 0.15) is 6.92 Å². The number of nitrogens with zero attached hydrogens (tertiary/aromatic N) is 3. The SMILES string of the molecule is CCn1c(=S)sc2c(=O)n(C)cnc21. The van der Waals surface area contributed by atoms with Crippen molar-refractivity contribution >= 4 is 33.9 Å². The van der Waals surface area contributed by atoms with E-state index < -0.39 is 0 Å². The highest BCUT2D eigenvalue weighted by atomic mass is 32.1. The third-order valence-electron chi connectivity index (χ3n) is 2.05. The zero-order valence-electron chi connectivity index (χ0n) is 7.85. The average molecular weight is 227 g/mol. The molecule has 0 radical (unpaired) electrons. The summed E-state index contributed by atoms with van der Waals surface area (Å²) in [4.78, 5) is 15.9. The van der Waals surface area contributed by atoms with Crippen LogP contribution in [0.15, 0.2) is 11.1 Å². The van der Waals surface area contributed by atoms with Crippen LogP contribution in [0.25, 0.3) is 10.3 Å². The molecule has 0 atom stereocenters. The number of hydrogen-bond donors (Lipinski definition) is 0. The number of fused-ring (bicyclic) bond motifs is 1. The zero-order valence-corrected chi connectivity index (χ0v) is 9.48. The molecule has 0 aliphatic carbocycles. The van der Waals surface area contributed by atoms with E-state index in [4.69, 9.17) is 12.2 Å². The van der Waals surface area contributed by atoms with Crippen LogP contribution in [0.5, 0.6) is 0 Å². The van der Waals surface area contributed by atoms with E-state index >= 15 is 0 Å². The minimum Gasteiger partial charge on any atom is -0.308 e. The monoisotopic (exact) mass is 227 g/mol. The van der Waals surface area contributed by atoms with E-state index in [0.717, 1.165) is 6.54 Å². The Morgan fingerprint density at radius 2 is 2.36 bits per heavy atom. The van der Waals surface area contributed by atoms with E-state index in [2.05, 4.69) is 4.98 Å². The molecule has 0 saturated carbocycles. The van der Waals surface area contributed by atoms with Crippen molar-refractivity contribution in [2.45, 2.75) is 13.5 Å². The van der Waals surface area contributed by atoms with Crippen LogP contribution in [0.3, 0.4) is 0 Å². The lowest BCUT2D eigenvalue weighted by Gasteiger charge is -1.98. The second-order valence-corrected chi connectivity index (χ2v) is 4.57. The van der Waals surface area contributed by atoms with Gasteiger partial charge in [-0.25, -0.2) is 4.98 Å². The van der Waals surface area contributed by atoms with E-state index in [-0.39, 0.29) is 5.56 Å². The van der Waals surface area contributed by atoms with Gasteiger partial charge in [0.2, 0.25) is 0 Å². The molecule has 0 saturated heterocycles. The number of hydrogen-bond acceptors (Lipinski definition) is 4. The van der Waals surface area contributed by atoms with Crippen LogP contribution in [0.4, 0.5) is 0 Å². The molecule has 2 rings (SSSR count). The maximum absolute atomic E-state index is 11.7. The van der Waals surface area contributed by atoms with Gasteiger partial charge in [0, 0.05) is 13.6 Å². The van der Waals surface area contributed by atoms with Crippen molar-refractivity contribution in [1.29, 1.82) is 0 Å². The van der Waals surface area contributed by atoms with Gasteiger partial charge in [-0.2, -0.15) is 0 Å². The summed E-state index contributed by atoms with van der Waals surface area (Å²) >= 11 is 6.47. The lowest BCUT2D eigenvalue weighted by atomic mass is 10.5. The van der Waals surface area contributed by atoms with Crippen molar-refractivity contribution in [2.75, 3.05) is 0 Å². The Kier molecular flexibility index (Phi) is 2.24. The topological polar surface area (TPSA) is 39.8 Å². The van der Waals surface area contributed by atoms with Gasteiger partial charge >= 0.3 is 0 Å². The Bertz CT molecular complexity index is 593. The molecule has 0 spiro atoms. The summed E-state index contributed by atoms with van der Waals surface area (Å²) in [5.41, 5.74) is 0.670. The molecule has 0 bridgehead atoms. The van der Waals surface area contributed by atoms with Crippen molar-refractivity contribution < 1.29 is 0 Å². The molecule has 74 valence electrons. The van der Waals surface area contributed by atoms with Crippen molar-refractivity contribution in [1.82, 2.24) is 14.1 Å². The molecule has 0 unspecified atom stereocenters. The van der Waals surface area contributed by atoms with Gasteiger partial charge in [-0.1, -0.05) is 11.3 Å². The summed E-state index contributed by atoms with van der Waals surface area (Å²) in [6.07, 6.45) is 1.53. The van der Waals surface area contributed by atoms with Gasteiger partial charge in [-0.3, -0.25) is 4.79 Å². The average Bonchev–Trinajstić information content (AvgIpc) is 2.49. The third-order valence-corrected chi connectivity index (χ3v) is 3.48. The summed E-state index contributed by atoms with van der Waals surface area (Å²) in [7, 11) is 1.69. The van der Waals surface area contributed by atoms with Gasteiger partial charge in [0.1, 0.15) is 4.70 Å². The van der Waals surface area contributed by atoms with Gasteiger partial charge in [-0.05, 0) is 19.1 Å². The first-order chi connectivity index (χ1) is 6.65. The maximum atomic E-state index is 11.7. The van der Waals surface area contributed by atoms with Crippen molar-refractivity contribution in [3.8, 4) is 0 Å². The molecule has 0 N–H and O–H groups in total. The molecular formula is C8H9N3OS2. The molecule has 14 heavy (non-hydrogen) atoms. The van der Waals surface area contributed by atoms with Gasteiger partial charge in [0.25, 0.3) is 5.56 Å². The quantitative estimate of drug-likeness (QED) is 0.694. The lowest BCUT2D eigenvalue weighted by Crippen LogP contribution is -2.16. The van der Waals surface area contributed by atoms with E-state index in [0.29, 0.717) is 14.3 Å². The van der Waals surface area contributed by atoms with Crippen LogP contribution in [0, 0.1) is 3.95 Å². The highest BCUT2D eigenvalue weighted by Gasteiger charge is 2.08. The molecule has 0 aliphatic rings. The standard InChI is InChI=1S/C8H9N3OS2/c1-3-11-6-5(14-8(11)13)7(12)10(2)4-9-6/h4H,3H2,1-2H3. The van der Waals surface area contributed by atoms with Crippen LogP contribution in [0.2, 0.25) is 0 Å². The van der Waals surface area contributed by atoms with Gasteiger partial charge in [0.05, 0.1) is 6.33 Å². The first-order valence-corrected chi connectivity index (χ1v) is 5.42. The van der Waals surface area contributed by atoms with E-state index in [1.165, 1.54) is 22.2 Å². The van der Waals surface area contributed by atoms with Crippen LogP contribution < -0.4 is 5.56 Å². The minimum absolute atomic E-state index is 0.0294. The summed E-state index contributed by atoms with van der Waals surface area (Å²) in [6, 6.07) is 0. The van der Waals surface area contributed by atoms with Crippen molar-refractivity contribution in [3.63, 3.8) is 0 Å². The first kappa shape index (κ1) is 9.54. The van der Waals surface area contributed by atoms with Gasteiger partial charge in [0.15, 0.2) is 9.60 Å². The number of thiazole rings is 1. The molecule has 2 aromatic rings. The number of rotatable bonds is 1. The Hall–Kier alpha value is -1.01. The van der Waals surface area contributed by atoms with Crippen LogP contribution >= 0.6 is 23.6 Å². The fraction of sp³-hybridized carbons (Fsp3) is 0.375. The predicted octanol–water partition coefficient (Wildman–Crippen LogP) is 1.55. The van der Waals surface area contributed by atoms with E-state index in [1.54, 1.807) is 7.05 Å². The minimum atomic E-state index is -0.0294. The zero-order chi connectivity index (χ0) is 10.3. The first-order valence-electron chi connectivity index (χ1n) is 4.20. The van der Waals surface area contributed by atoms with E-state index in [1.807, 2.05) is 11.5 Å². The smallest absolute Gasteiger partial charge is 0.272 e. The second kappa shape index (κ2) is 3.29. The normalized spacial score (nSPS) is 11.0. The molecule has 0 aromatic carbocycles. The highest BCUT2D eigenvalue weighted by molar-refractivity contribution is 7.73. The fourth-order valence-electron chi connectivity index (χ4n) is 1.30. The van der Waals surface area contributed by atoms with Crippen molar-refractivity contribution in [3.05, 3.63) is 20.6 Å². The molecule has 0 aliphatic heterocycles. The Morgan fingerprint density at radius 1 is 1.64 bits per heavy atom. The molecule has 4 nitrogen and oxygen atoms in total. The summed E-state index contributed by atoms with van der Waals surface area (Å²) in [5, 5.41) is 0. The molecule has 0 amide bonds. The van der Waals surface area contributed by atoms with E-state index in [9.17, 15) is 4.79 Å².